The molecule has 2 N–H and O–H groups in total. The van der Waals surface area contributed by atoms with Crippen LogP contribution >= 0.6 is 0 Å². The van der Waals surface area contributed by atoms with Gasteiger partial charge < -0.3 is 15.2 Å². The van der Waals surface area contributed by atoms with Gasteiger partial charge in [0.1, 0.15) is 12.2 Å². The molecule has 0 aliphatic rings. The van der Waals surface area contributed by atoms with Crippen LogP contribution in [0, 0.1) is 0 Å². The third kappa shape index (κ3) is 15.1. The van der Waals surface area contributed by atoms with Gasteiger partial charge in [0.2, 0.25) is 0 Å². The Morgan fingerprint density at radius 1 is 1.00 bits per heavy atom. The van der Waals surface area contributed by atoms with E-state index in [1.165, 1.54) is 6.92 Å². The van der Waals surface area contributed by atoms with E-state index in [1.807, 2.05) is 0 Å². The van der Waals surface area contributed by atoms with Crippen molar-refractivity contribution in [1.82, 2.24) is 0 Å². The molecule has 6 nitrogen and oxygen atoms in total. The van der Waals surface area contributed by atoms with Crippen molar-refractivity contribution in [3.8, 4) is 0 Å². The number of carbonyl (C=O) groups is 3. The van der Waals surface area contributed by atoms with Crippen LogP contribution in [0.4, 0.5) is 0 Å². The van der Waals surface area contributed by atoms with Crippen molar-refractivity contribution in [2.75, 3.05) is 19.8 Å². The van der Waals surface area contributed by atoms with E-state index in [2.05, 4.69) is 9.47 Å². The molecule has 94 valence electrons. The first-order valence-electron chi connectivity index (χ1n) is 4.98. The van der Waals surface area contributed by atoms with Crippen LogP contribution in [0.25, 0.3) is 0 Å². The lowest BCUT2D eigenvalue weighted by molar-refractivity contribution is -0.145. The molecule has 0 amide bonds. The summed E-state index contributed by atoms with van der Waals surface area (Å²) in [5.74, 6) is -0.944. The van der Waals surface area contributed by atoms with E-state index in [1.54, 1.807) is 13.8 Å². The van der Waals surface area contributed by atoms with E-state index in [-0.39, 0.29) is 24.7 Å². The van der Waals surface area contributed by atoms with Crippen molar-refractivity contribution < 1.29 is 23.9 Å². The summed E-state index contributed by atoms with van der Waals surface area (Å²) in [6.07, 6.45) is -0.103. The third-order valence-corrected chi connectivity index (χ3v) is 1.17. The van der Waals surface area contributed by atoms with Crippen LogP contribution in [-0.2, 0) is 23.9 Å². The molecule has 0 fully saturated rings. The Morgan fingerprint density at radius 2 is 1.44 bits per heavy atom. The number of rotatable bonds is 5. The Hall–Kier alpha value is -1.43. The van der Waals surface area contributed by atoms with Gasteiger partial charge in [0.15, 0.2) is 0 Å². The zero-order valence-corrected chi connectivity index (χ0v) is 9.95. The first-order valence-corrected chi connectivity index (χ1v) is 4.98. The van der Waals surface area contributed by atoms with Crippen LogP contribution in [0.2, 0.25) is 0 Å². The molecule has 16 heavy (non-hydrogen) atoms. The van der Waals surface area contributed by atoms with Crippen molar-refractivity contribution >= 4 is 17.7 Å². The Labute approximate surface area is 95.1 Å². The Morgan fingerprint density at radius 3 is 1.69 bits per heavy atom. The van der Waals surface area contributed by atoms with Crippen molar-refractivity contribution in [2.45, 2.75) is 27.2 Å². The number of nitrogens with two attached hydrogens (primary N) is 1. The monoisotopic (exact) mass is 233 g/mol. The fourth-order valence-electron chi connectivity index (χ4n) is 0.635. The first-order chi connectivity index (χ1) is 7.47. The minimum atomic E-state index is -0.440. The van der Waals surface area contributed by atoms with Crippen LogP contribution in [0.5, 0.6) is 0 Å². The second-order valence-corrected chi connectivity index (χ2v) is 2.69. The Balaban J connectivity index is 0. The van der Waals surface area contributed by atoms with Crippen LogP contribution in [0.1, 0.15) is 27.2 Å². The second-order valence-electron chi connectivity index (χ2n) is 2.69. The summed E-state index contributed by atoms with van der Waals surface area (Å²) < 4.78 is 8.92. The molecule has 0 bridgehead atoms. The molecular weight excluding hydrogens is 214 g/mol. The van der Waals surface area contributed by atoms with Crippen molar-refractivity contribution in [3.63, 3.8) is 0 Å². The Bertz CT molecular complexity index is 227. The van der Waals surface area contributed by atoms with Crippen LogP contribution in [-0.4, -0.2) is 37.5 Å². The third-order valence-electron chi connectivity index (χ3n) is 1.17. The number of ketones is 1. The molecule has 0 unspecified atom stereocenters. The standard InChI is InChI=1S/C6H10O3.C4H9NO2/c1-3-9-6(8)4-5(2)7;1-2-7-4(6)3-5/h3-4H2,1-2H3;2-3,5H2,1H3. The fourth-order valence-corrected chi connectivity index (χ4v) is 0.635. The van der Waals surface area contributed by atoms with Crippen molar-refractivity contribution in [1.29, 1.82) is 0 Å². The van der Waals surface area contributed by atoms with Crippen LogP contribution < -0.4 is 5.73 Å². The quantitative estimate of drug-likeness (QED) is 0.532. The molecule has 0 saturated carbocycles. The summed E-state index contributed by atoms with van der Waals surface area (Å²) in [6.45, 7) is 5.54. The molecule has 6 heteroatoms. The van der Waals surface area contributed by atoms with Crippen molar-refractivity contribution in [2.24, 2.45) is 5.73 Å². The summed E-state index contributed by atoms with van der Waals surface area (Å²) in [7, 11) is 0. The number of hydrogen-bond donors (Lipinski definition) is 1. The van der Waals surface area contributed by atoms with E-state index in [0.717, 1.165) is 0 Å². The normalized spacial score (nSPS) is 8.50. The molecule has 0 aliphatic carbocycles. The van der Waals surface area contributed by atoms with E-state index in [0.29, 0.717) is 13.2 Å². The molecule has 0 saturated heterocycles. The van der Waals surface area contributed by atoms with Gasteiger partial charge >= 0.3 is 11.9 Å². The lowest BCUT2D eigenvalue weighted by atomic mass is 10.3. The van der Waals surface area contributed by atoms with Gasteiger partial charge in [0.25, 0.3) is 0 Å². The summed E-state index contributed by atoms with van der Waals surface area (Å²) in [4.78, 5) is 30.7. The minimum Gasteiger partial charge on any atom is -0.466 e. The van der Waals surface area contributed by atoms with E-state index < -0.39 is 5.97 Å². The maximum absolute atomic E-state index is 10.4. The highest BCUT2D eigenvalue weighted by Gasteiger charge is 2.03. The summed E-state index contributed by atoms with van der Waals surface area (Å²) >= 11 is 0. The molecule has 0 aromatic rings. The summed E-state index contributed by atoms with van der Waals surface area (Å²) in [6, 6.07) is 0. The second kappa shape index (κ2) is 11.6. The van der Waals surface area contributed by atoms with E-state index in [4.69, 9.17) is 5.73 Å². The highest BCUT2D eigenvalue weighted by Crippen LogP contribution is 1.86. The molecule has 0 spiro atoms. The van der Waals surface area contributed by atoms with Gasteiger partial charge in [-0.05, 0) is 20.8 Å². The topological polar surface area (TPSA) is 95.7 Å². The highest BCUT2D eigenvalue weighted by molar-refractivity contribution is 5.94. The molecule has 0 radical (unpaired) electrons. The van der Waals surface area contributed by atoms with Crippen molar-refractivity contribution in [3.05, 3.63) is 0 Å². The lowest BCUT2D eigenvalue weighted by Gasteiger charge is -1.96. The number of Topliss-reactive ketones (excluding diaryl/α,β-unsaturated/α-hetero) is 1. The zero-order chi connectivity index (χ0) is 13.0. The average molecular weight is 233 g/mol. The maximum atomic E-state index is 10.4. The number of hydrogen-bond acceptors (Lipinski definition) is 6. The minimum absolute atomic E-state index is 0.0200. The smallest absolute Gasteiger partial charge is 0.319 e. The summed E-state index contributed by atoms with van der Waals surface area (Å²) in [5, 5.41) is 0. The van der Waals surface area contributed by atoms with E-state index >= 15 is 0 Å². The van der Waals surface area contributed by atoms with Gasteiger partial charge in [0.05, 0.1) is 19.8 Å². The largest absolute Gasteiger partial charge is 0.466 e. The summed E-state index contributed by atoms with van der Waals surface area (Å²) in [5.41, 5.74) is 4.88. The van der Waals surface area contributed by atoms with Gasteiger partial charge in [0, 0.05) is 0 Å². The molecule has 0 rings (SSSR count). The predicted molar refractivity (Wildman–Crippen MR) is 57.6 cm³/mol. The molecular formula is C10H19NO5. The highest BCUT2D eigenvalue weighted by atomic mass is 16.5. The SMILES string of the molecule is CCOC(=O)CC(C)=O.CCOC(=O)CN. The zero-order valence-electron chi connectivity index (χ0n) is 9.95. The van der Waals surface area contributed by atoms with E-state index in [9.17, 15) is 14.4 Å². The fraction of sp³-hybridized carbons (Fsp3) is 0.700. The van der Waals surface area contributed by atoms with Gasteiger partial charge in [-0.1, -0.05) is 0 Å². The average Bonchev–Trinajstić information content (AvgIpc) is 2.18. The molecule has 0 heterocycles. The van der Waals surface area contributed by atoms with Gasteiger partial charge in [-0.3, -0.25) is 14.4 Å². The van der Waals surface area contributed by atoms with Crippen LogP contribution in [0.3, 0.4) is 0 Å². The lowest BCUT2D eigenvalue weighted by Crippen LogP contribution is -2.16. The molecule has 0 aromatic carbocycles. The number of carbonyl (C=O) groups excluding carboxylic acids is 3. The Kier molecular flexibility index (Phi) is 12.4. The molecule has 0 aliphatic heterocycles. The number of esters is 2. The van der Waals surface area contributed by atoms with Crippen LogP contribution in [0.15, 0.2) is 0 Å². The molecule has 0 aromatic heterocycles. The van der Waals surface area contributed by atoms with Gasteiger partial charge in [-0.25, -0.2) is 0 Å². The van der Waals surface area contributed by atoms with Gasteiger partial charge in [-0.2, -0.15) is 0 Å². The number of ether oxygens (including phenoxy) is 2. The maximum Gasteiger partial charge on any atom is 0.319 e. The predicted octanol–water partition coefficient (Wildman–Crippen LogP) is 0.0368. The molecule has 0 atom stereocenters. The van der Waals surface area contributed by atoms with Gasteiger partial charge in [-0.15, -0.1) is 0 Å². The first kappa shape index (κ1) is 17.0.